The number of carbonyl (C=O) groups excluding carboxylic acids is 1. The molecule has 0 atom stereocenters. The van der Waals surface area contributed by atoms with Gasteiger partial charge in [0.15, 0.2) is 5.82 Å². The van der Waals surface area contributed by atoms with Gasteiger partial charge in [0.1, 0.15) is 6.33 Å². The summed E-state index contributed by atoms with van der Waals surface area (Å²) < 4.78 is 1.97. The summed E-state index contributed by atoms with van der Waals surface area (Å²) in [6.07, 6.45) is 4.28. The molecule has 1 amide bonds. The van der Waals surface area contributed by atoms with Gasteiger partial charge in [0.25, 0.3) is 0 Å². The second kappa shape index (κ2) is 4.01. The Morgan fingerprint density at radius 1 is 1.44 bits per heavy atom. The number of aromatic nitrogens is 3. The zero-order valence-electron chi connectivity index (χ0n) is 10.0. The van der Waals surface area contributed by atoms with Crippen LogP contribution in [0.25, 0.3) is 0 Å². The fourth-order valence-corrected chi connectivity index (χ4v) is 2.93. The molecule has 2 heterocycles. The molecule has 1 aliphatic heterocycles. The van der Waals surface area contributed by atoms with E-state index in [1.165, 1.54) is 0 Å². The molecule has 1 aliphatic carbocycles. The maximum atomic E-state index is 12.6. The number of rotatable bonds is 2. The minimum Gasteiger partial charge on any atom is -0.392 e. The first-order chi connectivity index (χ1) is 8.63. The Balaban J connectivity index is 1.80. The number of carbonyl (C=O) groups is 1. The lowest BCUT2D eigenvalue weighted by Gasteiger charge is -2.43. The van der Waals surface area contributed by atoms with Gasteiger partial charge in [-0.2, -0.15) is 0 Å². The predicted octanol–water partition coefficient (Wildman–Crippen LogP) is 0.0767. The molecule has 7 heteroatoms. The first-order valence-corrected chi connectivity index (χ1v) is 6.50. The van der Waals surface area contributed by atoms with Crippen molar-refractivity contribution in [2.75, 3.05) is 6.54 Å². The lowest BCUT2D eigenvalue weighted by atomic mass is 9.67. The summed E-state index contributed by atoms with van der Waals surface area (Å²) in [4.78, 5) is 14.7. The first-order valence-electron chi connectivity index (χ1n) is 6.09. The van der Waals surface area contributed by atoms with Gasteiger partial charge in [-0.25, -0.2) is 0 Å². The molecule has 1 saturated carbocycles. The van der Waals surface area contributed by atoms with E-state index in [2.05, 4.69) is 10.2 Å². The van der Waals surface area contributed by atoms with Gasteiger partial charge in [-0.15, -0.1) is 10.2 Å². The van der Waals surface area contributed by atoms with Gasteiger partial charge in [0.2, 0.25) is 5.91 Å². The van der Waals surface area contributed by atoms with Crippen molar-refractivity contribution in [1.29, 1.82) is 0 Å². The average molecular weight is 265 g/mol. The lowest BCUT2D eigenvalue weighted by Crippen LogP contribution is -2.55. The van der Waals surface area contributed by atoms with Crippen molar-refractivity contribution < 1.29 is 4.79 Å². The van der Waals surface area contributed by atoms with E-state index in [0.29, 0.717) is 18.1 Å². The molecule has 0 spiro atoms. The SMILES string of the molecule is NC(=S)C1(C(=O)N2CCn3cnnc3C2)CCC1. The Morgan fingerprint density at radius 2 is 2.22 bits per heavy atom. The van der Waals surface area contributed by atoms with Crippen LogP contribution in [-0.2, 0) is 17.9 Å². The van der Waals surface area contributed by atoms with Gasteiger partial charge in [-0.05, 0) is 12.8 Å². The summed E-state index contributed by atoms with van der Waals surface area (Å²) >= 11 is 5.08. The molecule has 0 bridgehead atoms. The number of nitrogens with zero attached hydrogens (tertiary/aromatic N) is 4. The van der Waals surface area contributed by atoms with Crippen molar-refractivity contribution in [1.82, 2.24) is 19.7 Å². The predicted molar refractivity (Wildman–Crippen MR) is 68.5 cm³/mol. The van der Waals surface area contributed by atoms with Crippen molar-refractivity contribution in [2.45, 2.75) is 32.4 Å². The molecular formula is C11H15N5OS. The summed E-state index contributed by atoms with van der Waals surface area (Å²) in [7, 11) is 0. The highest BCUT2D eigenvalue weighted by Gasteiger charge is 2.49. The van der Waals surface area contributed by atoms with Crippen molar-refractivity contribution >= 4 is 23.1 Å². The van der Waals surface area contributed by atoms with E-state index in [4.69, 9.17) is 18.0 Å². The summed E-state index contributed by atoms with van der Waals surface area (Å²) in [5.74, 6) is 0.891. The van der Waals surface area contributed by atoms with Gasteiger partial charge < -0.3 is 15.2 Å². The first kappa shape index (κ1) is 11.6. The number of hydrogen-bond donors (Lipinski definition) is 1. The summed E-state index contributed by atoms with van der Waals surface area (Å²) in [6.45, 7) is 1.92. The van der Waals surface area contributed by atoms with Crippen LogP contribution in [0.3, 0.4) is 0 Å². The molecule has 1 fully saturated rings. The van der Waals surface area contributed by atoms with Gasteiger partial charge in [0, 0.05) is 13.1 Å². The van der Waals surface area contributed by atoms with E-state index in [9.17, 15) is 4.79 Å². The van der Waals surface area contributed by atoms with E-state index in [0.717, 1.165) is 31.6 Å². The van der Waals surface area contributed by atoms with Crippen molar-refractivity contribution in [3.05, 3.63) is 12.2 Å². The van der Waals surface area contributed by atoms with Crippen LogP contribution in [0, 0.1) is 5.41 Å². The highest BCUT2D eigenvalue weighted by atomic mass is 32.1. The van der Waals surface area contributed by atoms with Gasteiger partial charge in [-0.3, -0.25) is 4.79 Å². The summed E-state index contributed by atoms with van der Waals surface area (Å²) in [5.41, 5.74) is 5.18. The quantitative estimate of drug-likeness (QED) is 0.766. The molecule has 96 valence electrons. The van der Waals surface area contributed by atoms with Crippen LogP contribution in [0.1, 0.15) is 25.1 Å². The summed E-state index contributed by atoms with van der Waals surface area (Å²) in [6, 6.07) is 0. The van der Waals surface area contributed by atoms with Gasteiger partial charge in [0.05, 0.1) is 16.9 Å². The Bertz CT molecular complexity index is 507. The summed E-state index contributed by atoms with van der Waals surface area (Å²) in [5, 5.41) is 7.87. The Morgan fingerprint density at radius 3 is 2.83 bits per heavy atom. The molecule has 3 rings (SSSR count). The van der Waals surface area contributed by atoms with Crippen molar-refractivity contribution in [2.24, 2.45) is 11.1 Å². The molecule has 18 heavy (non-hydrogen) atoms. The molecule has 2 aliphatic rings. The van der Waals surface area contributed by atoms with Crippen LogP contribution in [0.2, 0.25) is 0 Å². The van der Waals surface area contributed by atoms with Gasteiger partial charge in [-0.1, -0.05) is 18.6 Å². The number of thiocarbonyl (C=S) groups is 1. The van der Waals surface area contributed by atoms with Crippen LogP contribution in [-0.4, -0.2) is 37.1 Å². The van der Waals surface area contributed by atoms with E-state index >= 15 is 0 Å². The maximum Gasteiger partial charge on any atom is 0.236 e. The highest BCUT2D eigenvalue weighted by Crippen LogP contribution is 2.43. The van der Waals surface area contributed by atoms with E-state index in [1.54, 1.807) is 6.33 Å². The van der Waals surface area contributed by atoms with Crippen LogP contribution >= 0.6 is 12.2 Å². The zero-order valence-corrected chi connectivity index (χ0v) is 10.8. The van der Waals surface area contributed by atoms with E-state index in [-0.39, 0.29) is 5.91 Å². The highest BCUT2D eigenvalue weighted by molar-refractivity contribution is 7.80. The van der Waals surface area contributed by atoms with Crippen LogP contribution in [0.4, 0.5) is 0 Å². The van der Waals surface area contributed by atoms with Crippen molar-refractivity contribution in [3.63, 3.8) is 0 Å². The topological polar surface area (TPSA) is 77.0 Å². The van der Waals surface area contributed by atoms with Gasteiger partial charge >= 0.3 is 0 Å². The van der Waals surface area contributed by atoms with Crippen LogP contribution in [0.15, 0.2) is 6.33 Å². The van der Waals surface area contributed by atoms with Crippen LogP contribution in [0.5, 0.6) is 0 Å². The molecule has 0 aromatic carbocycles. The van der Waals surface area contributed by atoms with Crippen LogP contribution < -0.4 is 5.73 Å². The second-order valence-corrected chi connectivity index (χ2v) is 5.41. The molecule has 0 unspecified atom stereocenters. The smallest absolute Gasteiger partial charge is 0.236 e. The molecule has 2 N–H and O–H groups in total. The number of hydrogen-bond acceptors (Lipinski definition) is 4. The number of amides is 1. The Hall–Kier alpha value is -1.50. The third-order valence-electron chi connectivity index (χ3n) is 4.01. The second-order valence-electron chi connectivity index (χ2n) is 4.97. The monoisotopic (exact) mass is 265 g/mol. The van der Waals surface area contributed by atoms with E-state index < -0.39 is 5.41 Å². The van der Waals surface area contributed by atoms with Crippen molar-refractivity contribution in [3.8, 4) is 0 Å². The molecular weight excluding hydrogens is 250 g/mol. The lowest BCUT2D eigenvalue weighted by molar-refractivity contribution is -0.143. The fourth-order valence-electron chi connectivity index (χ4n) is 2.64. The Labute approximate surface area is 110 Å². The minimum absolute atomic E-state index is 0.0653. The third kappa shape index (κ3) is 1.53. The fraction of sp³-hybridized carbons (Fsp3) is 0.636. The molecule has 6 nitrogen and oxygen atoms in total. The normalized spacial score (nSPS) is 21.0. The molecule has 0 saturated heterocycles. The number of nitrogens with two attached hydrogens (primary N) is 1. The Kier molecular flexibility index (Phi) is 2.58. The maximum absolute atomic E-state index is 12.6. The average Bonchev–Trinajstić information content (AvgIpc) is 2.73. The molecule has 1 aromatic heterocycles. The molecule has 1 aromatic rings. The third-order valence-corrected chi connectivity index (χ3v) is 4.40. The zero-order chi connectivity index (χ0) is 12.8. The standard InChI is InChI=1S/C11H15N5OS/c12-9(18)11(2-1-3-11)10(17)15-4-5-16-7-13-14-8(16)6-15/h7H,1-6H2,(H2,12,18). The van der Waals surface area contributed by atoms with E-state index in [1.807, 2.05) is 9.47 Å². The number of fused-ring (bicyclic) bond motifs is 1. The minimum atomic E-state index is -0.586. The largest absolute Gasteiger partial charge is 0.392 e. The molecule has 0 radical (unpaired) electrons.